The molecular weight excluding hydrogens is 136 g/mol. The lowest BCUT2D eigenvalue weighted by Gasteiger charge is -2.30. The van der Waals surface area contributed by atoms with Crippen molar-refractivity contribution in [3.05, 3.63) is 0 Å². The second-order valence-corrected chi connectivity index (χ2v) is 4.18. The van der Waals surface area contributed by atoms with Gasteiger partial charge < -0.3 is 5.11 Å². The molecule has 0 aliphatic rings. The molecule has 0 aromatic heterocycles. The van der Waals surface area contributed by atoms with Crippen molar-refractivity contribution in [3.63, 3.8) is 0 Å². The Hall–Kier alpha value is -0.0400. The zero-order valence-electron chi connectivity index (χ0n) is 8.35. The topological polar surface area (TPSA) is 20.2 Å². The van der Waals surface area contributed by atoms with Gasteiger partial charge in [0.05, 0.1) is 0 Å². The van der Waals surface area contributed by atoms with Gasteiger partial charge in [0.1, 0.15) is 0 Å². The van der Waals surface area contributed by atoms with Crippen LogP contribution in [-0.2, 0) is 0 Å². The number of hydrogen-bond donors (Lipinski definition) is 1. The van der Waals surface area contributed by atoms with E-state index in [4.69, 9.17) is 5.11 Å². The zero-order chi connectivity index (χ0) is 8.91. The number of unbranched alkanes of at least 4 members (excludes halogenated alkanes) is 1. The molecule has 0 rings (SSSR count). The van der Waals surface area contributed by atoms with E-state index in [-0.39, 0.29) is 0 Å². The van der Waals surface area contributed by atoms with Crippen LogP contribution < -0.4 is 0 Å². The molecule has 11 heavy (non-hydrogen) atoms. The van der Waals surface area contributed by atoms with Gasteiger partial charge in [-0.3, -0.25) is 0 Å². The minimum atomic E-state index is 0.310. The first-order valence-electron chi connectivity index (χ1n) is 4.65. The van der Waals surface area contributed by atoms with Crippen molar-refractivity contribution >= 4 is 0 Å². The quantitative estimate of drug-likeness (QED) is 0.652. The fraction of sp³-hybridized carbons (Fsp3) is 1.00. The maximum Gasteiger partial charge on any atom is 0.0461 e. The molecule has 1 nitrogen and oxygen atoms in total. The zero-order valence-corrected chi connectivity index (χ0v) is 8.35. The maximum absolute atomic E-state index is 8.97. The Bertz CT molecular complexity index is 97.0. The second kappa shape index (κ2) is 4.76. The predicted octanol–water partition coefficient (Wildman–Crippen LogP) is 2.83. The molecule has 0 spiro atoms. The van der Waals surface area contributed by atoms with Crippen LogP contribution in [0, 0.1) is 11.3 Å². The number of rotatable bonds is 5. The van der Waals surface area contributed by atoms with Gasteiger partial charge in [0, 0.05) is 6.61 Å². The van der Waals surface area contributed by atoms with E-state index in [9.17, 15) is 0 Å². The average molecular weight is 158 g/mol. The normalized spacial score (nSPS) is 15.0. The molecule has 68 valence electrons. The first kappa shape index (κ1) is 11.0. The Morgan fingerprint density at radius 2 is 1.91 bits per heavy atom. The van der Waals surface area contributed by atoms with Crippen molar-refractivity contribution in [3.8, 4) is 0 Å². The minimum Gasteiger partial charge on any atom is -0.396 e. The molecule has 0 saturated heterocycles. The van der Waals surface area contributed by atoms with Gasteiger partial charge in [-0.25, -0.2) is 0 Å². The lowest BCUT2D eigenvalue weighted by atomic mass is 9.76. The highest BCUT2D eigenvalue weighted by molar-refractivity contribution is 4.74. The number of hydrogen-bond acceptors (Lipinski definition) is 1. The molecule has 0 fully saturated rings. The van der Waals surface area contributed by atoms with Crippen LogP contribution in [0.5, 0.6) is 0 Å². The third-order valence-corrected chi connectivity index (χ3v) is 2.78. The molecule has 0 aromatic rings. The molecule has 0 aliphatic heterocycles. The summed E-state index contributed by atoms with van der Waals surface area (Å²) in [7, 11) is 0. The van der Waals surface area contributed by atoms with Crippen molar-refractivity contribution in [1.82, 2.24) is 0 Å². The first-order valence-corrected chi connectivity index (χ1v) is 4.65. The number of aliphatic hydroxyl groups is 1. The van der Waals surface area contributed by atoms with E-state index in [1.165, 1.54) is 19.3 Å². The van der Waals surface area contributed by atoms with E-state index in [1.807, 2.05) is 0 Å². The Morgan fingerprint density at radius 1 is 1.36 bits per heavy atom. The Morgan fingerprint density at radius 3 is 2.27 bits per heavy atom. The highest BCUT2D eigenvalue weighted by Crippen LogP contribution is 2.31. The summed E-state index contributed by atoms with van der Waals surface area (Å²) in [5.74, 6) is 0.425. The average Bonchev–Trinajstić information content (AvgIpc) is 1.99. The van der Waals surface area contributed by atoms with Crippen LogP contribution in [0.4, 0.5) is 0 Å². The molecule has 0 bridgehead atoms. The molecule has 1 unspecified atom stereocenters. The molecular formula is C10H22O. The SMILES string of the molecule is CCCCC(C)(C)C(C)CO. The third-order valence-electron chi connectivity index (χ3n) is 2.78. The van der Waals surface area contributed by atoms with Crippen LogP contribution in [0.2, 0.25) is 0 Å². The van der Waals surface area contributed by atoms with E-state index < -0.39 is 0 Å². The van der Waals surface area contributed by atoms with Gasteiger partial charge in [-0.05, 0) is 17.8 Å². The summed E-state index contributed by atoms with van der Waals surface area (Å²) in [6, 6.07) is 0. The van der Waals surface area contributed by atoms with Gasteiger partial charge in [-0.2, -0.15) is 0 Å². The molecule has 0 aromatic carbocycles. The molecule has 0 saturated carbocycles. The smallest absolute Gasteiger partial charge is 0.0461 e. The van der Waals surface area contributed by atoms with E-state index in [0.29, 0.717) is 17.9 Å². The second-order valence-electron chi connectivity index (χ2n) is 4.18. The van der Waals surface area contributed by atoms with Crippen LogP contribution in [0.1, 0.15) is 47.0 Å². The van der Waals surface area contributed by atoms with Gasteiger partial charge in [0.25, 0.3) is 0 Å². The Labute approximate surface area is 70.8 Å². The maximum atomic E-state index is 8.97. The van der Waals surface area contributed by atoms with Crippen LogP contribution in [0.15, 0.2) is 0 Å². The summed E-state index contributed by atoms with van der Waals surface area (Å²) in [6.07, 6.45) is 3.75. The minimum absolute atomic E-state index is 0.310. The Kier molecular flexibility index (Phi) is 4.74. The molecule has 0 radical (unpaired) electrons. The van der Waals surface area contributed by atoms with Crippen molar-refractivity contribution in [2.45, 2.75) is 47.0 Å². The van der Waals surface area contributed by atoms with Crippen LogP contribution in [-0.4, -0.2) is 11.7 Å². The van der Waals surface area contributed by atoms with Crippen LogP contribution in [0.25, 0.3) is 0 Å². The van der Waals surface area contributed by atoms with Crippen LogP contribution in [0.3, 0.4) is 0 Å². The highest BCUT2D eigenvalue weighted by Gasteiger charge is 2.23. The van der Waals surface area contributed by atoms with Gasteiger partial charge in [-0.15, -0.1) is 0 Å². The monoisotopic (exact) mass is 158 g/mol. The fourth-order valence-electron chi connectivity index (χ4n) is 1.13. The first-order chi connectivity index (χ1) is 5.04. The van der Waals surface area contributed by atoms with E-state index in [2.05, 4.69) is 27.7 Å². The van der Waals surface area contributed by atoms with Crippen molar-refractivity contribution in [2.75, 3.05) is 6.61 Å². The summed E-state index contributed by atoms with van der Waals surface area (Å²) in [5, 5.41) is 8.97. The molecule has 0 heterocycles. The largest absolute Gasteiger partial charge is 0.396 e. The third kappa shape index (κ3) is 3.76. The molecule has 1 N–H and O–H groups in total. The number of aliphatic hydroxyl groups excluding tert-OH is 1. The van der Waals surface area contributed by atoms with Crippen molar-refractivity contribution in [1.29, 1.82) is 0 Å². The van der Waals surface area contributed by atoms with Gasteiger partial charge in [-0.1, -0.05) is 40.5 Å². The lowest BCUT2D eigenvalue weighted by Crippen LogP contribution is -2.24. The van der Waals surface area contributed by atoms with Crippen LogP contribution >= 0.6 is 0 Å². The highest BCUT2D eigenvalue weighted by atomic mass is 16.3. The van der Waals surface area contributed by atoms with E-state index in [1.54, 1.807) is 0 Å². The summed E-state index contributed by atoms with van der Waals surface area (Å²) in [4.78, 5) is 0. The van der Waals surface area contributed by atoms with Crippen molar-refractivity contribution in [2.24, 2.45) is 11.3 Å². The predicted molar refractivity (Wildman–Crippen MR) is 49.6 cm³/mol. The van der Waals surface area contributed by atoms with E-state index >= 15 is 0 Å². The van der Waals surface area contributed by atoms with E-state index in [0.717, 1.165) is 0 Å². The summed E-state index contributed by atoms with van der Waals surface area (Å²) in [6.45, 7) is 9.12. The standard InChI is InChI=1S/C10H22O/c1-5-6-7-10(3,4)9(2)8-11/h9,11H,5-8H2,1-4H3. The summed E-state index contributed by atoms with van der Waals surface area (Å²) >= 11 is 0. The summed E-state index contributed by atoms with van der Waals surface area (Å²) < 4.78 is 0. The lowest BCUT2D eigenvalue weighted by molar-refractivity contribution is 0.121. The molecule has 1 atom stereocenters. The van der Waals surface area contributed by atoms with Gasteiger partial charge in [0.15, 0.2) is 0 Å². The van der Waals surface area contributed by atoms with Crippen molar-refractivity contribution < 1.29 is 5.11 Å². The Balaban J connectivity index is 3.77. The molecule has 1 heteroatoms. The van der Waals surface area contributed by atoms with Gasteiger partial charge >= 0.3 is 0 Å². The summed E-state index contributed by atoms with van der Waals surface area (Å²) in [5.41, 5.74) is 0.310. The fourth-order valence-corrected chi connectivity index (χ4v) is 1.13. The molecule has 0 amide bonds. The molecule has 0 aliphatic carbocycles. The van der Waals surface area contributed by atoms with Gasteiger partial charge in [0.2, 0.25) is 0 Å².